The van der Waals surface area contributed by atoms with Gasteiger partial charge in [0.05, 0.1) is 4.83 Å². The number of Topliss-reactive ketones (excluding diaryl/α,β-unsaturated/α-hetero) is 1. The Labute approximate surface area is 210 Å². The van der Waals surface area contributed by atoms with Gasteiger partial charge in [-0.05, 0) is 91.3 Å². The van der Waals surface area contributed by atoms with Gasteiger partial charge in [-0.1, -0.05) is 69.8 Å². The first-order valence-electron chi connectivity index (χ1n) is 13.8. The van der Waals surface area contributed by atoms with Gasteiger partial charge in [0.15, 0.2) is 0 Å². The highest BCUT2D eigenvalue weighted by atomic mass is 79.9. The molecule has 33 heavy (non-hydrogen) atoms. The number of ether oxygens (including phenoxy) is 1. The summed E-state index contributed by atoms with van der Waals surface area (Å²) in [5.41, 5.74) is 0.491. The van der Waals surface area contributed by atoms with Crippen molar-refractivity contribution in [1.29, 1.82) is 0 Å². The Bertz CT molecular complexity index is 749. The SMILES string of the molecule is CC(=O)O[C@@H]1CC[C@]2(C)[C@@H]3CC[C@]4(C)[C@H](CC[C@@H]4[C@H](C)CCCC(C)C)[C@@H]3C(=O)[C@@H](Br)[C@H]2C1. The summed E-state index contributed by atoms with van der Waals surface area (Å²) in [6, 6.07) is 0. The molecule has 4 heteroatoms. The van der Waals surface area contributed by atoms with E-state index in [1.54, 1.807) is 0 Å². The van der Waals surface area contributed by atoms with Crippen molar-refractivity contribution in [1.82, 2.24) is 0 Å². The van der Waals surface area contributed by atoms with E-state index in [9.17, 15) is 9.59 Å². The zero-order chi connectivity index (χ0) is 24.1. The lowest BCUT2D eigenvalue weighted by Crippen LogP contribution is -2.61. The van der Waals surface area contributed by atoms with Gasteiger partial charge in [-0.3, -0.25) is 9.59 Å². The lowest BCUT2D eigenvalue weighted by Gasteiger charge is -2.61. The van der Waals surface area contributed by atoms with E-state index < -0.39 is 0 Å². The van der Waals surface area contributed by atoms with Crippen LogP contribution in [0, 0.1) is 52.3 Å². The van der Waals surface area contributed by atoms with E-state index in [0.29, 0.717) is 23.0 Å². The first-order valence-corrected chi connectivity index (χ1v) is 14.8. The van der Waals surface area contributed by atoms with Gasteiger partial charge in [-0.15, -0.1) is 0 Å². The van der Waals surface area contributed by atoms with Crippen molar-refractivity contribution in [3.8, 4) is 0 Å². The number of carbonyl (C=O) groups excluding carboxylic acids is 2. The molecule has 0 aliphatic heterocycles. The lowest BCUT2D eigenvalue weighted by molar-refractivity contribution is -0.166. The van der Waals surface area contributed by atoms with Crippen molar-refractivity contribution in [3.05, 3.63) is 0 Å². The summed E-state index contributed by atoms with van der Waals surface area (Å²) in [5, 5.41) is 0. The van der Waals surface area contributed by atoms with Crippen LogP contribution in [-0.4, -0.2) is 22.7 Å². The number of rotatable bonds is 6. The maximum atomic E-state index is 13.9. The lowest BCUT2D eigenvalue weighted by atomic mass is 9.44. The standard InChI is InChI=1S/C29H47BrO3/c1-17(2)8-7-9-18(3)21-10-11-22-25-23(13-15-28(21,22)5)29(6)14-12-20(33-19(4)31)16-24(29)26(30)27(25)32/h17-18,20-26H,7-16H2,1-6H3/t18-,20-,21-,22-,23-,24-,25+,26+,28+,29-/m1/s1. The molecular weight excluding hydrogens is 476 g/mol. The van der Waals surface area contributed by atoms with Gasteiger partial charge < -0.3 is 4.74 Å². The van der Waals surface area contributed by atoms with Crippen molar-refractivity contribution in [2.75, 3.05) is 0 Å². The van der Waals surface area contributed by atoms with Gasteiger partial charge in [0.25, 0.3) is 0 Å². The fourth-order valence-electron chi connectivity index (χ4n) is 9.27. The number of fused-ring (bicyclic) bond motifs is 5. The molecule has 0 amide bonds. The second kappa shape index (κ2) is 9.58. The zero-order valence-corrected chi connectivity index (χ0v) is 23.5. The molecule has 0 heterocycles. The van der Waals surface area contributed by atoms with E-state index in [1.807, 2.05) is 0 Å². The van der Waals surface area contributed by atoms with Gasteiger partial charge in [0.1, 0.15) is 11.9 Å². The molecule has 0 aromatic rings. The topological polar surface area (TPSA) is 43.4 Å². The molecule has 0 N–H and O–H groups in total. The largest absolute Gasteiger partial charge is 0.463 e. The minimum absolute atomic E-state index is 0.0265. The molecule has 3 nitrogen and oxygen atoms in total. The Kier molecular flexibility index (Phi) is 7.46. The van der Waals surface area contributed by atoms with E-state index >= 15 is 0 Å². The molecule has 0 bridgehead atoms. The van der Waals surface area contributed by atoms with E-state index in [0.717, 1.165) is 37.0 Å². The van der Waals surface area contributed by atoms with Crippen LogP contribution in [0.1, 0.15) is 106 Å². The second-order valence-corrected chi connectivity index (χ2v) is 14.2. The molecule has 4 fully saturated rings. The van der Waals surface area contributed by atoms with Gasteiger partial charge in [0.2, 0.25) is 0 Å². The Morgan fingerprint density at radius 3 is 2.33 bits per heavy atom. The van der Waals surface area contributed by atoms with Crippen molar-refractivity contribution < 1.29 is 14.3 Å². The molecule has 0 spiro atoms. The summed E-state index contributed by atoms with van der Waals surface area (Å²) in [6.45, 7) is 13.7. The van der Waals surface area contributed by atoms with E-state index in [4.69, 9.17) is 4.74 Å². The molecule has 4 aliphatic rings. The molecule has 0 saturated heterocycles. The summed E-state index contributed by atoms with van der Waals surface area (Å²) < 4.78 is 5.61. The Balaban J connectivity index is 1.53. The first kappa shape index (κ1) is 25.7. The molecular formula is C29H47BrO3. The molecule has 4 rings (SSSR count). The Morgan fingerprint density at radius 2 is 1.67 bits per heavy atom. The average molecular weight is 524 g/mol. The fraction of sp³-hybridized carbons (Fsp3) is 0.931. The van der Waals surface area contributed by atoms with Crippen LogP contribution in [0.15, 0.2) is 0 Å². The van der Waals surface area contributed by atoms with Crippen LogP contribution >= 0.6 is 15.9 Å². The average Bonchev–Trinajstić information content (AvgIpc) is 3.09. The molecule has 188 valence electrons. The third-order valence-corrected chi connectivity index (χ3v) is 12.1. The number of alkyl halides is 1. The molecule has 0 aromatic carbocycles. The van der Waals surface area contributed by atoms with Crippen LogP contribution in [0.3, 0.4) is 0 Å². The molecule has 0 unspecified atom stereocenters. The predicted molar refractivity (Wildman–Crippen MR) is 137 cm³/mol. The van der Waals surface area contributed by atoms with Crippen LogP contribution < -0.4 is 0 Å². The van der Waals surface area contributed by atoms with Crippen molar-refractivity contribution >= 4 is 27.7 Å². The fourth-order valence-corrected chi connectivity index (χ4v) is 10.4. The third-order valence-electron chi connectivity index (χ3n) is 11.0. The smallest absolute Gasteiger partial charge is 0.302 e. The zero-order valence-electron chi connectivity index (χ0n) is 21.9. The van der Waals surface area contributed by atoms with Crippen molar-refractivity contribution in [2.45, 2.75) is 117 Å². The van der Waals surface area contributed by atoms with Crippen molar-refractivity contribution in [3.63, 3.8) is 0 Å². The number of carbonyl (C=O) groups is 2. The van der Waals surface area contributed by atoms with Gasteiger partial charge in [-0.25, -0.2) is 0 Å². The quantitative estimate of drug-likeness (QED) is 0.266. The Morgan fingerprint density at radius 1 is 1.00 bits per heavy atom. The normalized spacial score (nSPS) is 45.8. The monoisotopic (exact) mass is 522 g/mol. The van der Waals surface area contributed by atoms with E-state index in [-0.39, 0.29) is 34.2 Å². The molecule has 4 aliphatic carbocycles. The Hall–Kier alpha value is -0.380. The molecule has 0 aromatic heterocycles. The van der Waals surface area contributed by atoms with Crippen LogP contribution in [0.5, 0.6) is 0 Å². The van der Waals surface area contributed by atoms with Gasteiger partial charge in [-0.2, -0.15) is 0 Å². The second-order valence-electron chi connectivity index (χ2n) is 13.2. The highest BCUT2D eigenvalue weighted by molar-refractivity contribution is 9.10. The van der Waals surface area contributed by atoms with Crippen LogP contribution in [-0.2, 0) is 14.3 Å². The first-order chi connectivity index (χ1) is 15.5. The number of ketones is 1. The van der Waals surface area contributed by atoms with Gasteiger partial charge >= 0.3 is 5.97 Å². The van der Waals surface area contributed by atoms with Crippen LogP contribution in [0.2, 0.25) is 0 Å². The van der Waals surface area contributed by atoms with Gasteiger partial charge in [0, 0.05) is 12.8 Å². The summed E-state index contributed by atoms with van der Waals surface area (Å²) >= 11 is 3.90. The molecule has 10 atom stereocenters. The third kappa shape index (κ3) is 4.49. The van der Waals surface area contributed by atoms with Crippen LogP contribution in [0.25, 0.3) is 0 Å². The number of hydrogen-bond acceptors (Lipinski definition) is 3. The summed E-state index contributed by atoms with van der Waals surface area (Å²) in [5.74, 6) is 4.13. The predicted octanol–water partition coefficient (Wildman–Crippen LogP) is 7.59. The van der Waals surface area contributed by atoms with Crippen molar-refractivity contribution in [2.24, 2.45) is 52.3 Å². The highest BCUT2D eigenvalue weighted by Crippen LogP contribution is 2.68. The van der Waals surface area contributed by atoms with E-state index in [2.05, 4.69) is 50.5 Å². The highest BCUT2D eigenvalue weighted by Gasteiger charge is 2.65. The molecule has 0 radical (unpaired) electrons. The summed E-state index contributed by atoms with van der Waals surface area (Å²) in [6.07, 6.45) is 11.9. The van der Waals surface area contributed by atoms with Crippen LogP contribution in [0.4, 0.5) is 0 Å². The molecule has 4 saturated carbocycles. The maximum Gasteiger partial charge on any atom is 0.302 e. The summed E-state index contributed by atoms with van der Waals surface area (Å²) in [4.78, 5) is 25.4. The van der Waals surface area contributed by atoms with E-state index in [1.165, 1.54) is 51.9 Å². The number of halogens is 1. The summed E-state index contributed by atoms with van der Waals surface area (Å²) in [7, 11) is 0. The number of esters is 1. The maximum absolute atomic E-state index is 13.9. The minimum Gasteiger partial charge on any atom is -0.463 e. The minimum atomic E-state index is -0.192. The number of hydrogen-bond donors (Lipinski definition) is 0.